The van der Waals surface area contributed by atoms with Gasteiger partial charge in [0.1, 0.15) is 30.2 Å². The average Bonchev–Trinajstić information content (AvgIpc) is 3.05. The number of hydrogen-bond donors (Lipinski definition) is 1. The van der Waals surface area contributed by atoms with Gasteiger partial charge in [-0.15, -0.1) is 0 Å². The minimum atomic E-state index is -0.605. The molecule has 1 saturated heterocycles. The molecule has 1 unspecified atom stereocenters. The van der Waals surface area contributed by atoms with E-state index in [1.165, 1.54) is 0 Å². The third kappa shape index (κ3) is 2.70. The van der Waals surface area contributed by atoms with Gasteiger partial charge < -0.3 is 19.9 Å². The summed E-state index contributed by atoms with van der Waals surface area (Å²) in [4.78, 5) is 9.52. The van der Waals surface area contributed by atoms with E-state index >= 15 is 0 Å². The number of nitrogens with zero attached hydrogens (tertiary/aromatic N) is 2. The van der Waals surface area contributed by atoms with E-state index in [1.807, 2.05) is 42.5 Å². The highest BCUT2D eigenvalue weighted by Gasteiger charge is 2.63. The Morgan fingerprint density at radius 3 is 2.69 bits per heavy atom. The van der Waals surface area contributed by atoms with Crippen molar-refractivity contribution in [1.82, 2.24) is 0 Å². The first-order chi connectivity index (χ1) is 14.2. The van der Waals surface area contributed by atoms with Gasteiger partial charge in [0.05, 0.1) is 24.3 Å². The molecule has 1 fully saturated rings. The molecule has 0 amide bonds. The summed E-state index contributed by atoms with van der Waals surface area (Å²) in [5.41, 5.74) is 8.53. The van der Waals surface area contributed by atoms with Crippen molar-refractivity contribution in [2.45, 2.75) is 12.5 Å². The molecule has 0 radical (unpaired) electrons. The monoisotopic (exact) mass is 387 g/mol. The summed E-state index contributed by atoms with van der Waals surface area (Å²) >= 11 is 0. The van der Waals surface area contributed by atoms with Gasteiger partial charge in [0.2, 0.25) is 0 Å². The van der Waals surface area contributed by atoms with E-state index in [2.05, 4.69) is 17.9 Å². The highest BCUT2D eigenvalue weighted by Crippen LogP contribution is 2.56. The van der Waals surface area contributed by atoms with Crippen molar-refractivity contribution >= 4 is 17.4 Å². The van der Waals surface area contributed by atoms with E-state index in [1.54, 1.807) is 6.92 Å². The van der Waals surface area contributed by atoms with Crippen LogP contribution in [-0.2, 0) is 15.0 Å². The predicted molar refractivity (Wildman–Crippen MR) is 112 cm³/mol. The van der Waals surface area contributed by atoms with Crippen LogP contribution in [0.5, 0.6) is 5.75 Å². The maximum atomic E-state index is 6.10. The van der Waals surface area contributed by atoms with Gasteiger partial charge in [-0.05, 0) is 43.2 Å². The molecule has 4 heterocycles. The zero-order valence-electron chi connectivity index (χ0n) is 16.1. The van der Waals surface area contributed by atoms with E-state index in [4.69, 9.17) is 29.9 Å². The molecule has 146 valence electrons. The molecule has 0 aliphatic carbocycles. The zero-order valence-corrected chi connectivity index (χ0v) is 16.1. The van der Waals surface area contributed by atoms with Crippen LogP contribution in [0.25, 0.3) is 5.70 Å². The fourth-order valence-corrected chi connectivity index (χ4v) is 4.19. The van der Waals surface area contributed by atoms with Crippen LogP contribution in [0.4, 0.5) is 0 Å². The fraction of sp³-hybridized carbons (Fsp3) is 0.304. The van der Waals surface area contributed by atoms with E-state index in [-0.39, 0.29) is 11.4 Å². The van der Waals surface area contributed by atoms with Crippen molar-refractivity contribution in [2.24, 2.45) is 21.1 Å². The molecule has 6 heteroatoms. The number of allylic oxidation sites excluding steroid dienone is 5. The van der Waals surface area contributed by atoms with Crippen molar-refractivity contribution in [3.8, 4) is 17.6 Å². The van der Waals surface area contributed by atoms with Gasteiger partial charge in [-0.25, -0.2) is 9.98 Å². The molecule has 6 nitrogen and oxygen atoms in total. The summed E-state index contributed by atoms with van der Waals surface area (Å²) in [7, 11) is 0. The molecule has 4 aliphatic rings. The first-order valence-electron chi connectivity index (χ1n) is 9.56. The molecule has 1 aromatic rings. The predicted octanol–water partition coefficient (Wildman–Crippen LogP) is 2.57. The molecule has 2 spiro atoms. The Morgan fingerprint density at radius 2 is 1.97 bits per heavy atom. The number of hydrogen-bond acceptors (Lipinski definition) is 6. The Balaban J connectivity index is 1.64. The lowest BCUT2D eigenvalue weighted by Crippen LogP contribution is -2.63. The number of benzene rings is 1. The fourth-order valence-electron chi connectivity index (χ4n) is 4.19. The molecule has 0 aromatic heterocycles. The number of ether oxygens (including phenoxy) is 3. The zero-order chi connectivity index (χ0) is 19.9. The summed E-state index contributed by atoms with van der Waals surface area (Å²) in [6.07, 6.45) is 9.74. The molecule has 0 bridgehead atoms. The maximum absolute atomic E-state index is 6.10. The van der Waals surface area contributed by atoms with Gasteiger partial charge >= 0.3 is 0 Å². The van der Waals surface area contributed by atoms with Crippen molar-refractivity contribution in [3.05, 3.63) is 59.7 Å². The quantitative estimate of drug-likeness (QED) is 0.752. The number of fused-ring (bicyclic) bond motifs is 3. The molecule has 2 N–H and O–H groups in total. The molecule has 1 aromatic carbocycles. The smallest absolute Gasteiger partial charge is 0.283 e. The molecular weight excluding hydrogens is 366 g/mol. The van der Waals surface area contributed by atoms with E-state index in [0.717, 1.165) is 22.6 Å². The largest absolute Gasteiger partial charge is 0.492 e. The highest BCUT2D eigenvalue weighted by molar-refractivity contribution is 6.11. The molecule has 29 heavy (non-hydrogen) atoms. The second-order valence-electron chi connectivity index (χ2n) is 7.54. The van der Waals surface area contributed by atoms with Crippen LogP contribution in [-0.4, -0.2) is 38.2 Å². The number of rotatable bonds is 1. The van der Waals surface area contributed by atoms with Gasteiger partial charge in [0.25, 0.3) is 6.02 Å². The summed E-state index contributed by atoms with van der Waals surface area (Å²) < 4.78 is 17.3. The van der Waals surface area contributed by atoms with Gasteiger partial charge in [0.15, 0.2) is 0 Å². The number of aliphatic imine (C=N–C) groups is 2. The number of amidine groups is 1. The van der Waals surface area contributed by atoms with Crippen LogP contribution in [0.3, 0.4) is 0 Å². The van der Waals surface area contributed by atoms with Crippen molar-refractivity contribution < 1.29 is 14.2 Å². The Morgan fingerprint density at radius 1 is 1.07 bits per heavy atom. The first kappa shape index (κ1) is 17.8. The second kappa shape index (κ2) is 6.64. The third-order valence-corrected chi connectivity index (χ3v) is 5.81. The summed E-state index contributed by atoms with van der Waals surface area (Å²) in [6.45, 7) is 3.86. The average molecular weight is 387 g/mol. The lowest BCUT2D eigenvalue weighted by molar-refractivity contribution is -0.185. The van der Waals surface area contributed by atoms with Crippen molar-refractivity contribution in [3.63, 3.8) is 0 Å². The van der Waals surface area contributed by atoms with E-state index in [0.29, 0.717) is 32.1 Å². The van der Waals surface area contributed by atoms with Crippen molar-refractivity contribution in [1.29, 1.82) is 0 Å². The summed E-state index contributed by atoms with van der Waals surface area (Å²) in [6, 6.07) is 6.29. The van der Waals surface area contributed by atoms with Crippen molar-refractivity contribution in [2.75, 3.05) is 26.4 Å². The van der Waals surface area contributed by atoms with Gasteiger partial charge in [-0.3, -0.25) is 0 Å². The molecule has 5 rings (SSSR count). The Bertz CT molecular complexity index is 1080. The SMILES string of the molecule is CC#CC1=N/C(c2ccc3c(c2)C2(COC(N)=N2)C2(COC2)CO3)=C\C=C\C=C\1. The Labute approximate surface area is 169 Å². The van der Waals surface area contributed by atoms with E-state index < -0.39 is 5.54 Å². The standard InChI is InChI=1S/C23H21N3O3/c1-2-6-17-7-4-3-5-8-19(25-17)16-9-10-20-18(11-16)23(15-29-21(24)26-23)22(14-28-20)12-27-13-22/h3-5,7-11H,12-15H2,1H3,(H2,24,26)/b4-3?,5-3+,7-4+,8-5?,17-7?,19-8-,25-17-,25-19?. The van der Waals surface area contributed by atoms with Gasteiger partial charge in [-0.1, -0.05) is 24.1 Å². The van der Waals surface area contributed by atoms with Gasteiger partial charge in [-0.2, -0.15) is 0 Å². The Kier molecular flexibility index (Phi) is 4.07. The lowest BCUT2D eigenvalue weighted by Gasteiger charge is -2.53. The summed E-state index contributed by atoms with van der Waals surface area (Å²) in [5.74, 6) is 6.75. The third-order valence-electron chi connectivity index (χ3n) is 5.81. The number of nitrogens with two attached hydrogens (primary N) is 1. The lowest BCUT2D eigenvalue weighted by atomic mass is 9.64. The molecule has 1 atom stereocenters. The minimum absolute atomic E-state index is 0.214. The van der Waals surface area contributed by atoms with Crippen LogP contribution < -0.4 is 10.5 Å². The molecule has 0 saturated carbocycles. The molecular formula is C23H21N3O3. The van der Waals surface area contributed by atoms with Crippen LogP contribution in [0.15, 0.2) is 58.6 Å². The van der Waals surface area contributed by atoms with Crippen LogP contribution in [0, 0.1) is 17.3 Å². The topological polar surface area (TPSA) is 78.4 Å². The molecule has 4 aliphatic heterocycles. The van der Waals surface area contributed by atoms with E-state index in [9.17, 15) is 0 Å². The normalized spacial score (nSPS) is 31.7. The first-order valence-corrected chi connectivity index (χ1v) is 9.56. The Hall–Kier alpha value is -3.30. The van der Waals surface area contributed by atoms with Crippen LogP contribution in [0.1, 0.15) is 18.1 Å². The minimum Gasteiger partial charge on any atom is -0.492 e. The van der Waals surface area contributed by atoms with Crippen LogP contribution >= 0.6 is 0 Å². The highest BCUT2D eigenvalue weighted by atomic mass is 16.5. The van der Waals surface area contributed by atoms with Gasteiger partial charge in [0, 0.05) is 11.1 Å². The second-order valence-corrected chi connectivity index (χ2v) is 7.54. The maximum Gasteiger partial charge on any atom is 0.283 e. The van der Waals surface area contributed by atoms with Crippen LogP contribution in [0.2, 0.25) is 0 Å². The summed E-state index contributed by atoms with van der Waals surface area (Å²) in [5, 5.41) is 0.